The van der Waals surface area contributed by atoms with E-state index < -0.39 is 0 Å². The molecule has 1 unspecified atom stereocenters. The highest BCUT2D eigenvalue weighted by atomic mass is 32.1. The number of nitrogens with one attached hydrogen (secondary N) is 2. The Hall–Kier alpha value is -2.25. The first-order chi connectivity index (χ1) is 12.0. The van der Waals surface area contributed by atoms with E-state index in [1.807, 2.05) is 37.7 Å². The van der Waals surface area contributed by atoms with Gasteiger partial charge in [0.2, 0.25) is 0 Å². The van der Waals surface area contributed by atoms with Crippen LogP contribution in [-0.2, 0) is 6.54 Å². The molecule has 1 atom stereocenters. The molecule has 0 saturated carbocycles. The zero-order chi connectivity index (χ0) is 18.2. The number of amides is 2. The molecule has 2 amide bonds. The van der Waals surface area contributed by atoms with Crippen molar-refractivity contribution in [1.29, 1.82) is 0 Å². The summed E-state index contributed by atoms with van der Waals surface area (Å²) in [5.74, 6) is 1.31. The number of nitrogens with zero attached hydrogens (tertiary/aromatic N) is 1. The lowest BCUT2D eigenvalue weighted by Crippen LogP contribution is -2.40. The lowest BCUT2D eigenvalue weighted by atomic mass is 10.1. The van der Waals surface area contributed by atoms with E-state index in [1.165, 1.54) is 5.56 Å². The molecule has 1 aromatic heterocycles. The summed E-state index contributed by atoms with van der Waals surface area (Å²) in [6.45, 7) is 0.957. The number of ether oxygens (including phenoxy) is 2. The zero-order valence-electron chi connectivity index (χ0n) is 15.0. The first kappa shape index (κ1) is 19.1. The highest BCUT2D eigenvalue weighted by molar-refractivity contribution is 7.07. The highest BCUT2D eigenvalue weighted by Gasteiger charge is 2.15. The average Bonchev–Trinajstić information content (AvgIpc) is 3.13. The molecule has 136 valence electrons. The van der Waals surface area contributed by atoms with Crippen molar-refractivity contribution in [2.24, 2.45) is 0 Å². The minimum Gasteiger partial charge on any atom is -0.493 e. The predicted octanol–water partition coefficient (Wildman–Crippen LogP) is 2.87. The minimum absolute atomic E-state index is 0.151. The highest BCUT2D eigenvalue weighted by Crippen LogP contribution is 2.27. The molecule has 2 rings (SSSR count). The maximum Gasteiger partial charge on any atom is 0.315 e. The smallest absolute Gasteiger partial charge is 0.315 e. The summed E-state index contributed by atoms with van der Waals surface area (Å²) >= 11 is 1.66. The maximum atomic E-state index is 12.1. The summed E-state index contributed by atoms with van der Waals surface area (Å²) < 4.78 is 10.5. The second-order valence-electron chi connectivity index (χ2n) is 5.79. The largest absolute Gasteiger partial charge is 0.493 e. The van der Waals surface area contributed by atoms with E-state index in [0.29, 0.717) is 24.6 Å². The predicted molar refractivity (Wildman–Crippen MR) is 101 cm³/mol. The monoisotopic (exact) mass is 363 g/mol. The van der Waals surface area contributed by atoms with Gasteiger partial charge in [-0.25, -0.2) is 4.79 Å². The van der Waals surface area contributed by atoms with E-state index in [1.54, 1.807) is 25.6 Å². The third-order valence-corrected chi connectivity index (χ3v) is 4.61. The Bertz CT molecular complexity index is 674. The maximum absolute atomic E-state index is 12.1. The zero-order valence-corrected chi connectivity index (χ0v) is 15.9. The molecule has 0 aliphatic carbocycles. The molecular formula is C18H25N3O3S. The van der Waals surface area contributed by atoms with E-state index in [0.717, 1.165) is 5.56 Å². The van der Waals surface area contributed by atoms with Crippen LogP contribution in [0.4, 0.5) is 4.79 Å². The lowest BCUT2D eigenvalue weighted by Gasteiger charge is -2.24. The van der Waals surface area contributed by atoms with Crippen molar-refractivity contribution in [1.82, 2.24) is 15.5 Å². The Morgan fingerprint density at radius 1 is 1.16 bits per heavy atom. The molecule has 1 heterocycles. The van der Waals surface area contributed by atoms with Gasteiger partial charge in [0.05, 0.1) is 20.3 Å². The number of thiophene rings is 1. The molecule has 0 bridgehead atoms. The number of hydrogen-bond acceptors (Lipinski definition) is 5. The molecular weight excluding hydrogens is 338 g/mol. The fraction of sp³-hybridized carbons (Fsp3) is 0.389. The van der Waals surface area contributed by atoms with Crippen molar-refractivity contribution in [3.05, 3.63) is 46.2 Å². The van der Waals surface area contributed by atoms with Crippen LogP contribution in [0.5, 0.6) is 11.5 Å². The van der Waals surface area contributed by atoms with Gasteiger partial charge in [0.25, 0.3) is 0 Å². The van der Waals surface area contributed by atoms with Gasteiger partial charge in [-0.2, -0.15) is 11.3 Å². The number of carbonyl (C=O) groups excluding carboxylic acids is 1. The van der Waals surface area contributed by atoms with Gasteiger partial charge in [-0.05, 0) is 54.2 Å². The molecule has 25 heavy (non-hydrogen) atoms. The van der Waals surface area contributed by atoms with Crippen molar-refractivity contribution in [2.75, 3.05) is 34.9 Å². The van der Waals surface area contributed by atoms with Crippen molar-refractivity contribution in [2.45, 2.75) is 12.6 Å². The fourth-order valence-electron chi connectivity index (χ4n) is 2.49. The van der Waals surface area contributed by atoms with Gasteiger partial charge >= 0.3 is 6.03 Å². The standard InChI is InChI=1S/C18H25N3O3S/c1-21(2)15(14-7-8-25-12-14)11-20-18(22)19-10-13-5-6-16(23-3)17(9-13)24-4/h5-9,12,15H,10-11H2,1-4H3,(H2,19,20,22). The van der Waals surface area contributed by atoms with Crippen molar-refractivity contribution >= 4 is 17.4 Å². The van der Waals surface area contributed by atoms with Gasteiger partial charge in [0.15, 0.2) is 11.5 Å². The summed E-state index contributed by atoms with van der Waals surface area (Å²) in [6.07, 6.45) is 0. The van der Waals surface area contributed by atoms with E-state index >= 15 is 0 Å². The molecule has 2 N–H and O–H groups in total. The van der Waals surface area contributed by atoms with Crippen molar-refractivity contribution < 1.29 is 14.3 Å². The normalized spacial score (nSPS) is 11.9. The molecule has 6 nitrogen and oxygen atoms in total. The van der Waals surface area contributed by atoms with Gasteiger partial charge in [-0.3, -0.25) is 0 Å². The van der Waals surface area contributed by atoms with E-state index in [2.05, 4.69) is 27.0 Å². The lowest BCUT2D eigenvalue weighted by molar-refractivity contribution is 0.232. The summed E-state index contributed by atoms with van der Waals surface area (Å²) in [5, 5.41) is 9.95. The molecule has 0 saturated heterocycles. The van der Waals surface area contributed by atoms with Crippen molar-refractivity contribution in [3.63, 3.8) is 0 Å². The van der Waals surface area contributed by atoms with Crippen LogP contribution in [0, 0.1) is 0 Å². The molecule has 2 aromatic rings. The number of rotatable bonds is 8. The van der Waals surface area contributed by atoms with Gasteiger partial charge in [-0.15, -0.1) is 0 Å². The number of likely N-dealkylation sites (N-methyl/N-ethyl adjacent to an activating group) is 1. The van der Waals surface area contributed by atoms with Gasteiger partial charge < -0.3 is 25.0 Å². The van der Waals surface area contributed by atoms with Gasteiger partial charge in [0, 0.05) is 13.1 Å². The van der Waals surface area contributed by atoms with Crippen LogP contribution in [0.15, 0.2) is 35.0 Å². The SMILES string of the molecule is COc1ccc(CNC(=O)NCC(c2ccsc2)N(C)C)cc1OC. The number of methoxy groups -OCH3 is 2. The third kappa shape index (κ3) is 5.37. The molecule has 0 fully saturated rings. The van der Waals surface area contributed by atoms with Crippen molar-refractivity contribution in [3.8, 4) is 11.5 Å². The van der Waals surface area contributed by atoms with Crippen LogP contribution >= 0.6 is 11.3 Å². The first-order valence-electron chi connectivity index (χ1n) is 7.96. The third-order valence-electron chi connectivity index (χ3n) is 3.91. The second kappa shape index (κ2) is 9.29. The van der Waals surface area contributed by atoms with Crippen LogP contribution in [0.1, 0.15) is 17.2 Å². The first-order valence-corrected chi connectivity index (χ1v) is 8.90. The van der Waals surface area contributed by atoms with Crippen LogP contribution in [0.3, 0.4) is 0 Å². The van der Waals surface area contributed by atoms with E-state index in [4.69, 9.17) is 9.47 Å². The number of urea groups is 1. The number of hydrogen-bond donors (Lipinski definition) is 2. The fourth-order valence-corrected chi connectivity index (χ4v) is 3.20. The Morgan fingerprint density at radius 3 is 2.52 bits per heavy atom. The number of benzene rings is 1. The summed E-state index contributed by atoms with van der Waals surface area (Å²) in [5.41, 5.74) is 2.14. The summed E-state index contributed by atoms with van der Waals surface area (Å²) in [7, 11) is 7.20. The summed E-state index contributed by atoms with van der Waals surface area (Å²) in [6, 6.07) is 7.61. The number of carbonyl (C=O) groups is 1. The molecule has 0 radical (unpaired) electrons. The molecule has 7 heteroatoms. The van der Waals surface area contributed by atoms with Gasteiger partial charge in [-0.1, -0.05) is 6.07 Å². The molecule has 0 spiro atoms. The topological polar surface area (TPSA) is 62.8 Å². The van der Waals surface area contributed by atoms with E-state index in [-0.39, 0.29) is 12.1 Å². The molecule has 0 aliphatic heterocycles. The van der Waals surface area contributed by atoms with E-state index in [9.17, 15) is 4.79 Å². The Kier molecular flexibility index (Phi) is 7.09. The Labute approximate surface area is 152 Å². The molecule has 0 aliphatic rings. The Morgan fingerprint density at radius 2 is 1.92 bits per heavy atom. The van der Waals surface area contributed by atoms with Gasteiger partial charge in [0.1, 0.15) is 0 Å². The van der Waals surface area contributed by atoms with Crippen LogP contribution in [0.2, 0.25) is 0 Å². The Balaban J connectivity index is 1.86. The molecule has 1 aromatic carbocycles. The summed E-state index contributed by atoms with van der Waals surface area (Å²) in [4.78, 5) is 14.2. The quantitative estimate of drug-likeness (QED) is 0.757. The van der Waals surface area contributed by atoms with Crippen LogP contribution in [0.25, 0.3) is 0 Å². The minimum atomic E-state index is -0.197. The average molecular weight is 363 g/mol. The second-order valence-corrected chi connectivity index (χ2v) is 6.57. The van der Waals surface area contributed by atoms with Crippen LogP contribution < -0.4 is 20.1 Å². The van der Waals surface area contributed by atoms with Crippen LogP contribution in [-0.4, -0.2) is 45.8 Å².